The first-order valence-corrected chi connectivity index (χ1v) is 8.67. The zero-order chi connectivity index (χ0) is 17.1. The van der Waals surface area contributed by atoms with Crippen LogP contribution in [0.2, 0.25) is 0 Å². The van der Waals surface area contributed by atoms with Crippen LogP contribution in [0.5, 0.6) is 0 Å². The van der Waals surface area contributed by atoms with Crippen molar-refractivity contribution in [3.63, 3.8) is 0 Å². The topological polar surface area (TPSA) is 57.0 Å². The molecule has 0 aliphatic rings. The molecule has 0 N–H and O–H groups in total. The number of ether oxygens (including phenoxy) is 1. The average Bonchev–Trinajstić information content (AvgIpc) is 3.29. The number of para-hydroxylation sites is 1. The van der Waals surface area contributed by atoms with Crippen molar-refractivity contribution in [2.45, 2.75) is 13.2 Å². The van der Waals surface area contributed by atoms with Gasteiger partial charge in [0.2, 0.25) is 0 Å². The minimum absolute atomic E-state index is 0.188. The molecule has 0 amide bonds. The van der Waals surface area contributed by atoms with Crippen LogP contribution in [0, 0.1) is 0 Å². The SMILES string of the molecule is O=C(OCc1nc2ccccc2s1)c1ccc(Cn2cccn2)cc1. The second-order valence-electron chi connectivity index (χ2n) is 5.55. The first-order chi connectivity index (χ1) is 12.3. The number of aromatic nitrogens is 3. The van der Waals surface area contributed by atoms with Crippen LogP contribution in [-0.2, 0) is 17.9 Å². The van der Waals surface area contributed by atoms with Crippen molar-refractivity contribution < 1.29 is 9.53 Å². The summed E-state index contributed by atoms with van der Waals surface area (Å²) in [6, 6.07) is 17.1. The monoisotopic (exact) mass is 349 g/mol. The smallest absolute Gasteiger partial charge is 0.338 e. The van der Waals surface area contributed by atoms with E-state index in [9.17, 15) is 4.79 Å². The average molecular weight is 349 g/mol. The number of fused-ring (bicyclic) bond motifs is 1. The van der Waals surface area contributed by atoms with Crippen LogP contribution in [0.15, 0.2) is 67.0 Å². The summed E-state index contributed by atoms with van der Waals surface area (Å²) in [5.74, 6) is -0.343. The highest BCUT2D eigenvalue weighted by Crippen LogP contribution is 2.22. The number of rotatable bonds is 5. The van der Waals surface area contributed by atoms with Gasteiger partial charge in [0.05, 0.1) is 22.3 Å². The van der Waals surface area contributed by atoms with E-state index in [2.05, 4.69) is 10.1 Å². The van der Waals surface area contributed by atoms with Crippen molar-refractivity contribution in [2.24, 2.45) is 0 Å². The van der Waals surface area contributed by atoms with Crippen LogP contribution in [-0.4, -0.2) is 20.7 Å². The summed E-state index contributed by atoms with van der Waals surface area (Å²) in [5.41, 5.74) is 2.54. The van der Waals surface area contributed by atoms with E-state index in [0.717, 1.165) is 20.8 Å². The molecule has 5 nitrogen and oxygen atoms in total. The van der Waals surface area contributed by atoms with Gasteiger partial charge < -0.3 is 4.74 Å². The minimum atomic E-state index is -0.343. The fraction of sp³-hybridized carbons (Fsp3) is 0.105. The van der Waals surface area contributed by atoms with E-state index in [-0.39, 0.29) is 12.6 Å². The molecule has 0 atom stereocenters. The molecule has 124 valence electrons. The summed E-state index contributed by atoms with van der Waals surface area (Å²) in [6.07, 6.45) is 3.65. The van der Waals surface area contributed by atoms with Crippen LogP contribution >= 0.6 is 11.3 Å². The Morgan fingerprint density at radius 2 is 1.92 bits per heavy atom. The van der Waals surface area contributed by atoms with E-state index in [1.165, 1.54) is 0 Å². The van der Waals surface area contributed by atoms with Crippen molar-refractivity contribution in [1.29, 1.82) is 0 Å². The van der Waals surface area contributed by atoms with Crippen molar-refractivity contribution in [2.75, 3.05) is 0 Å². The van der Waals surface area contributed by atoms with Gasteiger partial charge in [-0.3, -0.25) is 4.68 Å². The largest absolute Gasteiger partial charge is 0.455 e. The number of esters is 1. The summed E-state index contributed by atoms with van der Waals surface area (Å²) in [6.45, 7) is 0.862. The standard InChI is InChI=1S/C19H15N3O2S/c23-19(24-13-18-21-16-4-1-2-5-17(16)25-18)15-8-6-14(7-9-15)12-22-11-3-10-20-22/h1-11H,12-13H2. The third-order valence-electron chi connectivity index (χ3n) is 3.76. The molecule has 0 saturated carbocycles. The van der Waals surface area contributed by atoms with Gasteiger partial charge in [0.15, 0.2) is 0 Å². The van der Waals surface area contributed by atoms with Gasteiger partial charge in [-0.2, -0.15) is 5.10 Å². The molecular formula is C19H15N3O2S. The molecule has 0 radical (unpaired) electrons. The molecule has 2 heterocycles. The van der Waals surface area contributed by atoms with Crippen LogP contribution in [0.4, 0.5) is 0 Å². The van der Waals surface area contributed by atoms with E-state index in [1.807, 2.05) is 53.3 Å². The van der Waals surface area contributed by atoms with Gasteiger partial charge >= 0.3 is 5.97 Å². The Kier molecular flexibility index (Phi) is 4.26. The van der Waals surface area contributed by atoms with Crippen molar-refractivity contribution >= 4 is 27.5 Å². The number of carbonyl (C=O) groups excluding carboxylic acids is 1. The molecule has 2 aromatic carbocycles. The van der Waals surface area contributed by atoms with Crippen molar-refractivity contribution in [3.8, 4) is 0 Å². The Balaban J connectivity index is 1.38. The Morgan fingerprint density at radius 3 is 2.68 bits per heavy atom. The maximum Gasteiger partial charge on any atom is 0.338 e. The molecule has 0 aliphatic carbocycles. The van der Waals surface area contributed by atoms with Crippen LogP contribution in [0.3, 0.4) is 0 Å². The highest BCUT2D eigenvalue weighted by molar-refractivity contribution is 7.18. The number of hydrogen-bond acceptors (Lipinski definition) is 5. The summed E-state index contributed by atoms with van der Waals surface area (Å²) < 4.78 is 8.31. The summed E-state index contributed by atoms with van der Waals surface area (Å²) in [5, 5.41) is 4.97. The highest BCUT2D eigenvalue weighted by Gasteiger charge is 2.10. The third-order valence-corrected chi connectivity index (χ3v) is 4.77. The van der Waals surface area contributed by atoms with Crippen molar-refractivity contribution in [3.05, 3.63) is 83.1 Å². The first-order valence-electron chi connectivity index (χ1n) is 7.86. The molecule has 0 unspecified atom stereocenters. The molecule has 2 aromatic heterocycles. The zero-order valence-electron chi connectivity index (χ0n) is 13.3. The van der Waals surface area contributed by atoms with E-state index in [4.69, 9.17) is 4.74 Å². The Labute approximate surface area is 148 Å². The third kappa shape index (κ3) is 3.59. The number of thiazole rings is 1. The Hall–Kier alpha value is -2.99. The normalized spacial score (nSPS) is 10.9. The first kappa shape index (κ1) is 15.5. The summed E-state index contributed by atoms with van der Waals surface area (Å²) in [7, 11) is 0. The maximum atomic E-state index is 12.2. The fourth-order valence-corrected chi connectivity index (χ4v) is 3.40. The lowest BCUT2D eigenvalue weighted by molar-refractivity contribution is 0.0472. The Morgan fingerprint density at radius 1 is 1.08 bits per heavy atom. The number of hydrogen-bond donors (Lipinski definition) is 0. The predicted octanol–water partition coefficient (Wildman–Crippen LogP) is 3.90. The molecule has 0 bridgehead atoms. The van der Waals surface area contributed by atoms with E-state index in [1.54, 1.807) is 29.7 Å². The Bertz CT molecular complexity index is 958. The molecule has 25 heavy (non-hydrogen) atoms. The second-order valence-corrected chi connectivity index (χ2v) is 6.67. The minimum Gasteiger partial charge on any atom is -0.455 e. The molecule has 0 spiro atoms. The van der Waals surface area contributed by atoms with Crippen LogP contribution in [0.25, 0.3) is 10.2 Å². The number of nitrogens with zero attached hydrogens (tertiary/aromatic N) is 3. The number of carbonyl (C=O) groups is 1. The van der Waals surface area contributed by atoms with E-state index in [0.29, 0.717) is 12.1 Å². The van der Waals surface area contributed by atoms with Crippen LogP contribution in [0.1, 0.15) is 20.9 Å². The molecule has 4 aromatic rings. The van der Waals surface area contributed by atoms with Gasteiger partial charge in [0, 0.05) is 12.4 Å². The lowest BCUT2D eigenvalue weighted by Crippen LogP contribution is -2.06. The lowest BCUT2D eigenvalue weighted by Gasteiger charge is -2.05. The van der Waals surface area contributed by atoms with Gasteiger partial charge in [-0.1, -0.05) is 24.3 Å². The zero-order valence-corrected chi connectivity index (χ0v) is 14.1. The molecule has 0 aliphatic heterocycles. The maximum absolute atomic E-state index is 12.2. The van der Waals surface area contributed by atoms with Gasteiger partial charge in [0.1, 0.15) is 11.6 Å². The van der Waals surface area contributed by atoms with Crippen molar-refractivity contribution in [1.82, 2.24) is 14.8 Å². The molecular weight excluding hydrogens is 334 g/mol. The van der Waals surface area contributed by atoms with Crippen LogP contribution < -0.4 is 0 Å². The lowest BCUT2D eigenvalue weighted by atomic mass is 10.1. The molecule has 4 rings (SSSR count). The quantitative estimate of drug-likeness (QED) is 0.513. The molecule has 6 heteroatoms. The second kappa shape index (κ2) is 6.86. The highest BCUT2D eigenvalue weighted by atomic mass is 32.1. The van der Waals surface area contributed by atoms with E-state index >= 15 is 0 Å². The summed E-state index contributed by atoms with van der Waals surface area (Å²) >= 11 is 1.54. The van der Waals surface area contributed by atoms with Gasteiger partial charge in [-0.15, -0.1) is 11.3 Å². The molecule has 0 fully saturated rings. The van der Waals surface area contributed by atoms with E-state index < -0.39 is 0 Å². The summed E-state index contributed by atoms with van der Waals surface area (Å²) in [4.78, 5) is 16.7. The predicted molar refractivity (Wildman–Crippen MR) is 96.5 cm³/mol. The fourth-order valence-electron chi connectivity index (χ4n) is 2.52. The number of benzene rings is 2. The van der Waals surface area contributed by atoms with Gasteiger partial charge in [0.25, 0.3) is 0 Å². The van der Waals surface area contributed by atoms with Gasteiger partial charge in [-0.05, 0) is 35.9 Å². The van der Waals surface area contributed by atoms with Gasteiger partial charge in [-0.25, -0.2) is 9.78 Å². The molecule has 0 saturated heterocycles.